The van der Waals surface area contributed by atoms with Crippen LogP contribution in [0, 0.1) is 0 Å². The topological polar surface area (TPSA) is 67.3 Å². The van der Waals surface area contributed by atoms with E-state index in [9.17, 15) is 4.79 Å². The molecule has 0 saturated carbocycles. The van der Waals surface area contributed by atoms with Crippen molar-refractivity contribution in [2.24, 2.45) is 0 Å². The fourth-order valence-electron chi connectivity index (χ4n) is 3.31. The number of rotatable bonds is 10. The Hall–Kier alpha value is -2.90. The molecule has 2 aromatic carbocycles. The van der Waals surface area contributed by atoms with E-state index in [-0.39, 0.29) is 11.3 Å². The molecule has 0 radical (unpaired) electrons. The largest absolute Gasteiger partial charge is 0.383 e. The number of methoxy groups -OCH3 is 1. The average Bonchev–Trinajstić information content (AvgIpc) is 2.83. The Morgan fingerprint density at radius 2 is 1.76 bits per heavy atom. The molecule has 0 spiro atoms. The van der Waals surface area contributed by atoms with Crippen LogP contribution in [0.5, 0.6) is 0 Å². The zero-order valence-corrected chi connectivity index (χ0v) is 21.5. The second-order valence-corrected chi connectivity index (χ2v) is 10.2. The third-order valence-corrected chi connectivity index (χ3v) is 6.18. The molecule has 0 atom stereocenters. The molecule has 7 heteroatoms. The van der Waals surface area contributed by atoms with Crippen LogP contribution < -0.4 is 10.2 Å². The van der Waals surface area contributed by atoms with Crippen molar-refractivity contribution in [3.63, 3.8) is 0 Å². The van der Waals surface area contributed by atoms with Crippen LogP contribution >= 0.6 is 11.8 Å². The molecule has 3 aromatic rings. The second kappa shape index (κ2) is 12.0. The number of ether oxygens (including phenoxy) is 1. The quantitative estimate of drug-likeness (QED) is 0.249. The van der Waals surface area contributed by atoms with Crippen LogP contribution in [0.25, 0.3) is 0 Å². The molecular weight excluding hydrogens is 444 g/mol. The third kappa shape index (κ3) is 7.57. The van der Waals surface area contributed by atoms with Gasteiger partial charge >= 0.3 is 0 Å². The van der Waals surface area contributed by atoms with Crippen LogP contribution in [-0.2, 0) is 22.4 Å². The third-order valence-electron chi connectivity index (χ3n) is 5.26. The molecule has 1 heterocycles. The molecule has 6 nitrogen and oxygen atoms in total. The lowest BCUT2D eigenvalue weighted by atomic mass is 9.92. The molecular formula is C27H34N4O2S. The number of carbonyl (C=O) groups is 1. The van der Waals surface area contributed by atoms with Gasteiger partial charge in [-0.05, 0) is 23.3 Å². The van der Waals surface area contributed by atoms with Crippen molar-refractivity contribution in [3.8, 4) is 0 Å². The van der Waals surface area contributed by atoms with Crippen molar-refractivity contribution in [1.29, 1.82) is 0 Å². The standard InChI is InChI=1S/C27H34N4O2S/c1-27(2,3)23-17-24(31(4)18-20-10-7-6-8-11-20)30-26(29-23)34-19-21-12-9-13-22(16-21)25(32)28-14-15-33-5/h6-13,16-17H,14-15,18-19H2,1-5H3,(H,28,32). The molecule has 0 saturated heterocycles. The van der Waals surface area contributed by atoms with Gasteiger partial charge in [0.2, 0.25) is 0 Å². The molecule has 0 unspecified atom stereocenters. The van der Waals surface area contributed by atoms with Crippen LogP contribution in [0.3, 0.4) is 0 Å². The molecule has 0 aliphatic heterocycles. The lowest BCUT2D eigenvalue weighted by Crippen LogP contribution is -2.26. The van der Waals surface area contributed by atoms with Gasteiger partial charge in [-0.3, -0.25) is 4.79 Å². The fraction of sp³-hybridized carbons (Fsp3) is 0.370. The van der Waals surface area contributed by atoms with E-state index >= 15 is 0 Å². The smallest absolute Gasteiger partial charge is 0.251 e. The van der Waals surface area contributed by atoms with Gasteiger partial charge in [0.05, 0.1) is 12.3 Å². The summed E-state index contributed by atoms with van der Waals surface area (Å²) in [6.07, 6.45) is 0. The molecule has 34 heavy (non-hydrogen) atoms. The number of thioether (sulfide) groups is 1. The summed E-state index contributed by atoms with van der Waals surface area (Å²) in [7, 11) is 3.67. The van der Waals surface area contributed by atoms with E-state index < -0.39 is 0 Å². The molecule has 0 bridgehead atoms. The molecule has 180 valence electrons. The van der Waals surface area contributed by atoms with Crippen molar-refractivity contribution in [1.82, 2.24) is 15.3 Å². The SMILES string of the molecule is COCCNC(=O)c1cccc(CSc2nc(N(C)Cc3ccccc3)cc(C(C)(C)C)n2)c1. The number of hydrogen-bond donors (Lipinski definition) is 1. The Kier molecular flexibility index (Phi) is 9.07. The summed E-state index contributed by atoms with van der Waals surface area (Å²) in [6.45, 7) is 8.24. The molecule has 0 aliphatic rings. The summed E-state index contributed by atoms with van der Waals surface area (Å²) in [6, 6.07) is 20.1. The summed E-state index contributed by atoms with van der Waals surface area (Å²) in [5, 5.41) is 3.60. The molecule has 0 fully saturated rings. The zero-order chi connectivity index (χ0) is 24.6. The zero-order valence-electron chi connectivity index (χ0n) is 20.7. The number of hydrogen-bond acceptors (Lipinski definition) is 6. The molecule has 1 N–H and O–H groups in total. The predicted molar refractivity (Wildman–Crippen MR) is 139 cm³/mol. The van der Waals surface area contributed by atoms with Crippen molar-refractivity contribution < 1.29 is 9.53 Å². The molecule has 0 aliphatic carbocycles. The summed E-state index contributed by atoms with van der Waals surface area (Å²) in [5.41, 5.74) is 3.83. The number of nitrogens with zero attached hydrogens (tertiary/aromatic N) is 3. The number of benzene rings is 2. The Morgan fingerprint density at radius 3 is 2.47 bits per heavy atom. The van der Waals surface area contributed by atoms with Crippen molar-refractivity contribution in [2.45, 2.75) is 43.6 Å². The Labute approximate surface area is 207 Å². The van der Waals surface area contributed by atoms with Crippen LogP contribution in [0.15, 0.2) is 65.8 Å². The lowest BCUT2D eigenvalue weighted by molar-refractivity contribution is 0.0937. The highest BCUT2D eigenvalue weighted by Gasteiger charge is 2.20. The first-order valence-corrected chi connectivity index (χ1v) is 12.4. The van der Waals surface area contributed by atoms with Crippen LogP contribution in [0.4, 0.5) is 5.82 Å². The maximum absolute atomic E-state index is 12.4. The number of anilines is 1. The van der Waals surface area contributed by atoms with E-state index in [0.717, 1.165) is 28.8 Å². The number of amides is 1. The minimum Gasteiger partial charge on any atom is -0.383 e. The highest BCUT2D eigenvalue weighted by atomic mass is 32.2. The highest BCUT2D eigenvalue weighted by molar-refractivity contribution is 7.98. The average molecular weight is 479 g/mol. The van der Waals surface area contributed by atoms with E-state index in [2.05, 4.69) is 68.4 Å². The van der Waals surface area contributed by atoms with Gasteiger partial charge in [0.15, 0.2) is 5.16 Å². The predicted octanol–water partition coefficient (Wildman–Crippen LogP) is 5.08. The molecule has 1 amide bonds. The highest BCUT2D eigenvalue weighted by Crippen LogP contribution is 2.28. The van der Waals surface area contributed by atoms with Gasteiger partial charge in [-0.2, -0.15) is 0 Å². The van der Waals surface area contributed by atoms with E-state index in [1.165, 1.54) is 5.56 Å². The maximum Gasteiger partial charge on any atom is 0.251 e. The van der Waals surface area contributed by atoms with Crippen LogP contribution in [0.1, 0.15) is 48.0 Å². The van der Waals surface area contributed by atoms with E-state index in [4.69, 9.17) is 14.7 Å². The lowest BCUT2D eigenvalue weighted by Gasteiger charge is -2.23. The van der Waals surface area contributed by atoms with Crippen molar-refractivity contribution >= 4 is 23.5 Å². The Balaban J connectivity index is 1.75. The monoisotopic (exact) mass is 478 g/mol. The number of aromatic nitrogens is 2. The molecule has 3 rings (SSSR count). The minimum atomic E-state index is -0.0975. The normalized spacial score (nSPS) is 11.3. The van der Waals surface area contributed by atoms with E-state index in [1.54, 1.807) is 18.9 Å². The van der Waals surface area contributed by atoms with Crippen LogP contribution in [0.2, 0.25) is 0 Å². The van der Waals surface area contributed by atoms with Gasteiger partial charge in [-0.1, -0.05) is 75.0 Å². The van der Waals surface area contributed by atoms with E-state index in [1.807, 2.05) is 30.3 Å². The van der Waals surface area contributed by atoms with E-state index in [0.29, 0.717) is 24.5 Å². The van der Waals surface area contributed by atoms with Gasteiger partial charge in [0.25, 0.3) is 5.91 Å². The first kappa shape index (κ1) is 25.7. The van der Waals surface area contributed by atoms with Gasteiger partial charge in [0.1, 0.15) is 5.82 Å². The second-order valence-electron chi connectivity index (χ2n) is 9.22. The summed E-state index contributed by atoms with van der Waals surface area (Å²) < 4.78 is 5.00. The number of carbonyl (C=O) groups excluding carboxylic acids is 1. The maximum atomic E-state index is 12.4. The summed E-state index contributed by atoms with van der Waals surface area (Å²) >= 11 is 1.58. The van der Waals surface area contributed by atoms with Gasteiger partial charge in [-0.25, -0.2) is 9.97 Å². The first-order valence-electron chi connectivity index (χ1n) is 11.4. The van der Waals surface area contributed by atoms with Crippen molar-refractivity contribution in [3.05, 3.63) is 83.0 Å². The Morgan fingerprint density at radius 1 is 1.03 bits per heavy atom. The van der Waals surface area contributed by atoms with Gasteiger partial charge in [-0.15, -0.1) is 0 Å². The summed E-state index contributed by atoms with van der Waals surface area (Å²) in [4.78, 5) is 24.2. The minimum absolute atomic E-state index is 0.0964. The number of nitrogens with one attached hydrogen (secondary N) is 1. The van der Waals surface area contributed by atoms with Crippen LogP contribution in [-0.4, -0.2) is 43.2 Å². The fourth-order valence-corrected chi connectivity index (χ4v) is 4.11. The Bertz CT molecular complexity index is 1080. The first-order chi connectivity index (χ1) is 16.3. The van der Waals surface area contributed by atoms with Crippen molar-refractivity contribution in [2.75, 3.05) is 32.2 Å². The molecule has 1 aromatic heterocycles. The van der Waals surface area contributed by atoms with Gasteiger partial charge in [0, 0.05) is 50.0 Å². The summed E-state index contributed by atoms with van der Waals surface area (Å²) in [5.74, 6) is 1.48. The van der Waals surface area contributed by atoms with Gasteiger partial charge < -0.3 is 15.0 Å².